The minimum Gasteiger partial charge on any atom is -0.496 e. The van der Waals surface area contributed by atoms with Gasteiger partial charge in [0.05, 0.1) is 36.6 Å². The summed E-state index contributed by atoms with van der Waals surface area (Å²) in [6.45, 7) is 6.61. The summed E-state index contributed by atoms with van der Waals surface area (Å²) in [5.74, 6) is -0.421. The molecular formula is C32H39FIN3O5S. The number of rotatable bonds is 16. The summed E-state index contributed by atoms with van der Waals surface area (Å²) in [5.41, 5.74) is 2.35. The lowest BCUT2D eigenvalue weighted by molar-refractivity contribution is -0.145. The Morgan fingerprint density at radius 2 is 2.00 bits per heavy atom. The number of thioether (sulfide) groups is 1. The summed E-state index contributed by atoms with van der Waals surface area (Å²) in [6.07, 6.45) is 3.61. The van der Waals surface area contributed by atoms with E-state index in [9.17, 15) is 19.1 Å². The normalized spacial score (nSPS) is 19.0. The second kappa shape index (κ2) is 15.3. The molecule has 8 nitrogen and oxygen atoms in total. The van der Waals surface area contributed by atoms with Crippen molar-refractivity contribution in [3.63, 3.8) is 0 Å². The Morgan fingerprint density at radius 3 is 2.70 bits per heavy atom. The molecule has 2 unspecified atom stereocenters. The highest BCUT2D eigenvalue weighted by molar-refractivity contribution is 14.1. The van der Waals surface area contributed by atoms with Crippen molar-refractivity contribution in [1.82, 2.24) is 15.5 Å². The number of alkyl halides is 1. The Kier molecular flexibility index (Phi) is 11.8. The van der Waals surface area contributed by atoms with Crippen molar-refractivity contribution in [2.24, 2.45) is 5.41 Å². The van der Waals surface area contributed by atoms with Gasteiger partial charge < -0.3 is 30.1 Å². The second-order valence-electron chi connectivity index (χ2n) is 11.0. The lowest BCUT2D eigenvalue weighted by Crippen LogP contribution is -2.46. The third kappa shape index (κ3) is 8.45. The minimum absolute atomic E-state index is 0.153. The van der Waals surface area contributed by atoms with Crippen molar-refractivity contribution < 1.29 is 28.6 Å². The first-order valence-corrected chi connectivity index (χ1v) is 16.8. The van der Waals surface area contributed by atoms with Crippen LogP contribution >= 0.6 is 34.4 Å². The van der Waals surface area contributed by atoms with Crippen molar-refractivity contribution in [2.75, 3.05) is 44.8 Å². The SMILES string of the molecule is C=Cc1cc2c(cc1F)CC(CC(=O)O)(C(=O)NCC1NC(c3ccc(OCCCN(C)CCCI)cc3OC)=CS1)C2. The first-order valence-electron chi connectivity index (χ1n) is 14.3. The van der Waals surface area contributed by atoms with Crippen LogP contribution in [0.4, 0.5) is 4.39 Å². The van der Waals surface area contributed by atoms with E-state index < -0.39 is 17.2 Å². The van der Waals surface area contributed by atoms with Crippen LogP contribution in [0, 0.1) is 11.2 Å². The van der Waals surface area contributed by atoms with Crippen LogP contribution in [0.1, 0.15) is 41.5 Å². The zero-order valence-electron chi connectivity index (χ0n) is 24.6. The molecule has 1 aliphatic heterocycles. The monoisotopic (exact) mass is 723 g/mol. The van der Waals surface area contributed by atoms with Gasteiger partial charge in [-0.15, -0.1) is 11.8 Å². The second-order valence-corrected chi connectivity index (χ2v) is 13.1. The maximum atomic E-state index is 14.4. The fourth-order valence-electron chi connectivity index (χ4n) is 5.57. The Morgan fingerprint density at radius 1 is 1.26 bits per heavy atom. The highest BCUT2D eigenvalue weighted by Gasteiger charge is 2.46. The molecule has 0 saturated carbocycles. The number of aliphatic carboxylic acids is 1. The number of halogens is 2. The molecule has 11 heteroatoms. The van der Waals surface area contributed by atoms with Crippen molar-refractivity contribution >= 4 is 58.0 Å². The van der Waals surface area contributed by atoms with Gasteiger partial charge in [0.1, 0.15) is 17.3 Å². The standard InChI is InChI=1S/C32H39FIN3O5S/c1-4-21-13-22-16-32(18-30(38)39,17-23(22)14-26(21)33)31(40)35-19-29-36-27(20-43-29)25-8-7-24(15-28(25)41-3)42-12-6-11-37(2)10-5-9-34/h4,7-8,13-15,20,29,36H,1,5-6,9-12,16-19H2,2-3H3,(H,35,40)(H,38,39). The highest BCUT2D eigenvalue weighted by atomic mass is 127. The molecule has 232 valence electrons. The number of carboxylic acid groups (broad SMARTS) is 1. The molecule has 0 fully saturated rings. The molecule has 0 bridgehead atoms. The third-order valence-corrected chi connectivity index (χ3v) is 9.52. The van der Waals surface area contributed by atoms with Gasteiger partial charge in [-0.2, -0.15) is 0 Å². The molecule has 43 heavy (non-hydrogen) atoms. The molecule has 0 aromatic heterocycles. The summed E-state index contributed by atoms with van der Waals surface area (Å²) < 4.78 is 27.2. The first kappa shape index (κ1) is 33.1. The van der Waals surface area contributed by atoms with Crippen LogP contribution in [0.5, 0.6) is 11.5 Å². The van der Waals surface area contributed by atoms with Crippen LogP contribution in [0.3, 0.4) is 0 Å². The van der Waals surface area contributed by atoms with Crippen LogP contribution in [-0.2, 0) is 22.4 Å². The van der Waals surface area contributed by atoms with E-state index >= 15 is 0 Å². The number of hydrogen-bond acceptors (Lipinski definition) is 7. The lowest BCUT2D eigenvalue weighted by Gasteiger charge is -2.27. The molecule has 0 spiro atoms. The largest absolute Gasteiger partial charge is 0.496 e. The van der Waals surface area contributed by atoms with Gasteiger partial charge in [0.2, 0.25) is 5.91 Å². The van der Waals surface area contributed by atoms with Crippen LogP contribution in [0.2, 0.25) is 0 Å². The molecule has 2 aromatic carbocycles. The van der Waals surface area contributed by atoms with Crippen molar-refractivity contribution in [3.8, 4) is 11.5 Å². The number of ether oxygens (including phenoxy) is 2. The number of carbonyl (C=O) groups excluding carboxylic acids is 1. The average Bonchev–Trinajstić information content (AvgIpc) is 3.60. The predicted octanol–water partition coefficient (Wildman–Crippen LogP) is 5.34. The summed E-state index contributed by atoms with van der Waals surface area (Å²) >= 11 is 3.93. The van der Waals surface area contributed by atoms with E-state index in [4.69, 9.17) is 9.47 Å². The summed E-state index contributed by atoms with van der Waals surface area (Å²) in [7, 11) is 3.75. The molecule has 2 aliphatic rings. The van der Waals surface area contributed by atoms with E-state index in [0.717, 1.165) is 46.5 Å². The van der Waals surface area contributed by atoms with Gasteiger partial charge >= 0.3 is 5.97 Å². The molecule has 2 atom stereocenters. The Hall–Kier alpha value is -2.77. The number of carboxylic acids is 1. The topological polar surface area (TPSA) is 100 Å². The maximum Gasteiger partial charge on any atom is 0.304 e. The maximum absolute atomic E-state index is 14.4. The van der Waals surface area contributed by atoms with E-state index in [2.05, 4.69) is 51.8 Å². The molecule has 4 rings (SSSR count). The van der Waals surface area contributed by atoms with E-state index in [1.165, 1.54) is 30.3 Å². The fraction of sp³-hybridized carbons (Fsp3) is 0.438. The first-order chi connectivity index (χ1) is 20.7. The highest BCUT2D eigenvalue weighted by Crippen LogP contribution is 2.41. The van der Waals surface area contributed by atoms with Gasteiger partial charge in [0, 0.05) is 34.7 Å². The number of fused-ring (bicyclic) bond motifs is 1. The molecule has 1 amide bonds. The van der Waals surface area contributed by atoms with Crippen LogP contribution in [-0.4, -0.2) is 72.1 Å². The number of amides is 1. The molecule has 0 saturated heterocycles. The quantitative estimate of drug-likeness (QED) is 0.121. The van der Waals surface area contributed by atoms with Crippen LogP contribution in [0.25, 0.3) is 11.8 Å². The minimum atomic E-state index is -1.18. The Labute approximate surface area is 270 Å². The fourth-order valence-corrected chi connectivity index (χ4v) is 6.78. The number of carbonyl (C=O) groups is 2. The Bertz CT molecular complexity index is 1370. The molecule has 3 N–H and O–H groups in total. The molecule has 1 heterocycles. The molecule has 0 radical (unpaired) electrons. The van der Waals surface area contributed by atoms with Gasteiger partial charge in [0.25, 0.3) is 0 Å². The van der Waals surface area contributed by atoms with E-state index in [0.29, 0.717) is 23.5 Å². The lowest BCUT2D eigenvalue weighted by atomic mass is 9.80. The Balaban J connectivity index is 1.32. The van der Waals surface area contributed by atoms with Gasteiger partial charge in [-0.1, -0.05) is 35.2 Å². The zero-order valence-corrected chi connectivity index (χ0v) is 27.6. The number of hydrogen-bond donors (Lipinski definition) is 3. The number of benzene rings is 2. The van der Waals surface area contributed by atoms with Gasteiger partial charge in [0.15, 0.2) is 0 Å². The third-order valence-electron chi connectivity index (χ3n) is 7.77. The average molecular weight is 724 g/mol. The van der Waals surface area contributed by atoms with Gasteiger partial charge in [-0.3, -0.25) is 9.59 Å². The van der Waals surface area contributed by atoms with Crippen LogP contribution in [0.15, 0.2) is 42.3 Å². The van der Waals surface area contributed by atoms with Gasteiger partial charge in [-0.25, -0.2) is 4.39 Å². The number of methoxy groups -OCH3 is 1. The van der Waals surface area contributed by atoms with Crippen molar-refractivity contribution in [3.05, 3.63) is 70.4 Å². The van der Waals surface area contributed by atoms with Crippen LogP contribution < -0.4 is 20.1 Å². The molecular weight excluding hydrogens is 684 g/mol. The van der Waals surface area contributed by atoms with E-state index in [1.807, 2.05) is 23.6 Å². The molecule has 2 aromatic rings. The summed E-state index contributed by atoms with van der Waals surface area (Å²) in [6, 6.07) is 8.81. The number of nitrogens with zero attached hydrogens (tertiary/aromatic N) is 1. The van der Waals surface area contributed by atoms with Crippen molar-refractivity contribution in [1.29, 1.82) is 0 Å². The summed E-state index contributed by atoms with van der Waals surface area (Å²) in [5, 5.41) is 17.8. The smallest absolute Gasteiger partial charge is 0.304 e. The summed E-state index contributed by atoms with van der Waals surface area (Å²) in [4.78, 5) is 27.6. The van der Waals surface area contributed by atoms with E-state index in [-0.39, 0.29) is 37.1 Å². The van der Waals surface area contributed by atoms with Crippen molar-refractivity contribution in [2.45, 2.75) is 37.5 Å². The molecule has 1 aliphatic carbocycles. The van der Waals surface area contributed by atoms with E-state index in [1.54, 1.807) is 13.2 Å². The zero-order chi connectivity index (χ0) is 31.0. The van der Waals surface area contributed by atoms with Gasteiger partial charge in [-0.05, 0) is 80.1 Å². The number of nitrogens with one attached hydrogen (secondary N) is 2. The predicted molar refractivity (Wildman–Crippen MR) is 178 cm³/mol.